The van der Waals surface area contributed by atoms with Gasteiger partial charge in [-0.1, -0.05) is 30.9 Å². The molecule has 0 bridgehead atoms. The van der Waals surface area contributed by atoms with Crippen LogP contribution >= 0.6 is 11.6 Å². The van der Waals surface area contributed by atoms with Gasteiger partial charge < -0.3 is 19.8 Å². The molecule has 1 saturated heterocycles. The summed E-state index contributed by atoms with van der Waals surface area (Å²) < 4.78 is 11.8. The minimum atomic E-state index is -0.428. The first kappa shape index (κ1) is 19.2. The predicted octanol–water partition coefficient (Wildman–Crippen LogP) is 4.39. The average molecular weight is 419 g/mol. The van der Waals surface area contributed by atoms with Gasteiger partial charge in [-0.3, -0.25) is 4.90 Å². The number of rotatable bonds is 3. The van der Waals surface area contributed by atoms with Crippen molar-refractivity contribution in [3.05, 3.63) is 22.5 Å². The van der Waals surface area contributed by atoms with E-state index in [0.717, 1.165) is 68.4 Å². The Bertz CT molecular complexity index is 932. The van der Waals surface area contributed by atoms with Crippen LogP contribution in [0.1, 0.15) is 56.4 Å². The van der Waals surface area contributed by atoms with Crippen LogP contribution in [0.25, 0.3) is 11.1 Å². The molecule has 1 spiro atoms. The lowest BCUT2D eigenvalue weighted by Crippen LogP contribution is -2.52. The van der Waals surface area contributed by atoms with Gasteiger partial charge in [0, 0.05) is 24.8 Å². The van der Waals surface area contributed by atoms with Crippen LogP contribution in [0.3, 0.4) is 0 Å². The molecule has 2 amide bonds. The summed E-state index contributed by atoms with van der Waals surface area (Å²) in [5.41, 5.74) is 2.71. The molecule has 1 aromatic heterocycles. The molecule has 2 aromatic rings. The standard InChI is InChI=1S/C21H27ClN4O3/c1-26(13-5-9-28-10-6-13)12-16-23-15-11-14(22)18-17(19(15)29-16)21(25-20(27)24-18)7-3-2-4-8-21/h11,13H,2-10,12H2,1H3,(H2,24,25,27). The lowest BCUT2D eigenvalue weighted by molar-refractivity contribution is 0.0383. The fourth-order valence-electron chi connectivity index (χ4n) is 5.15. The minimum Gasteiger partial charge on any atom is -0.439 e. The predicted molar refractivity (Wildman–Crippen MR) is 111 cm³/mol. The highest BCUT2D eigenvalue weighted by atomic mass is 35.5. The van der Waals surface area contributed by atoms with Gasteiger partial charge in [-0.2, -0.15) is 0 Å². The van der Waals surface area contributed by atoms with Crippen molar-refractivity contribution in [2.45, 2.75) is 63.1 Å². The molecule has 1 aliphatic carbocycles. The first-order valence-electron chi connectivity index (χ1n) is 10.6. The van der Waals surface area contributed by atoms with Crippen LogP contribution in [0.15, 0.2) is 10.5 Å². The van der Waals surface area contributed by atoms with Crippen molar-refractivity contribution < 1.29 is 13.9 Å². The number of nitrogens with one attached hydrogen (secondary N) is 2. The van der Waals surface area contributed by atoms with Crippen molar-refractivity contribution in [3.8, 4) is 0 Å². The highest BCUT2D eigenvalue weighted by Gasteiger charge is 2.44. The average Bonchev–Trinajstić information content (AvgIpc) is 3.10. The smallest absolute Gasteiger partial charge is 0.319 e. The maximum absolute atomic E-state index is 12.4. The van der Waals surface area contributed by atoms with Gasteiger partial charge in [-0.25, -0.2) is 9.78 Å². The normalized spacial score (nSPS) is 22.0. The molecule has 0 atom stereocenters. The SMILES string of the molecule is CN(Cc1nc2cc(Cl)c3c(c2o1)C1(CCCCC1)NC(=O)N3)C1CCOCC1. The number of aromatic nitrogens is 1. The molecule has 2 fully saturated rings. The third kappa shape index (κ3) is 3.39. The summed E-state index contributed by atoms with van der Waals surface area (Å²) in [6, 6.07) is 2.08. The number of hydrogen-bond acceptors (Lipinski definition) is 5. The number of hydrogen-bond donors (Lipinski definition) is 2. The number of amides is 2. The third-order valence-corrected chi connectivity index (χ3v) is 6.95. The van der Waals surface area contributed by atoms with E-state index in [1.54, 1.807) is 6.07 Å². The molecule has 7 nitrogen and oxygen atoms in total. The maximum Gasteiger partial charge on any atom is 0.319 e. The second-order valence-corrected chi connectivity index (χ2v) is 8.95. The number of ether oxygens (including phenoxy) is 1. The second kappa shape index (κ2) is 7.45. The Kier molecular flexibility index (Phi) is 4.92. The molecule has 3 heterocycles. The molecule has 29 heavy (non-hydrogen) atoms. The van der Waals surface area contributed by atoms with E-state index in [4.69, 9.17) is 25.7 Å². The van der Waals surface area contributed by atoms with E-state index in [1.165, 1.54) is 6.42 Å². The van der Waals surface area contributed by atoms with Crippen LogP contribution in [0.4, 0.5) is 10.5 Å². The number of fused-ring (bicyclic) bond motifs is 4. The fourth-order valence-corrected chi connectivity index (χ4v) is 5.39. The fraction of sp³-hybridized carbons (Fsp3) is 0.619. The Morgan fingerprint density at radius 2 is 2.03 bits per heavy atom. The Hall–Kier alpha value is -1.83. The first-order valence-corrected chi connectivity index (χ1v) is 10.9. The summed E-state index contributed by atoms with van der Waals surface area (Å²) in [6.07, 6.45) is 7.15. The van der Waals surface area contributed by atoms with Gasteiger partial charge in [0.1, 0.15) is 5.52 Å². The van der Waals surface area contributed by atoms with Gasteiger partial charge in [0.25, 0.3) is 0 Å². The van der Waals surface area contributed by atoms with Crippen LogP contribution in [0, 0.1) is 0 Å². The molecule has 1 aromatic carbocycles. The van der Waals surface area contributed by atoms with E-state index in [0.29, 0.717) is 29.2 Å². The molecule has 0 unspecified atom stereocenters. The quantitative estimate of drug-likeness (QED) is 0.772. The summed E-state index contributed by atoms with van der Waals surface area (Å²) in [7, 11) is 2.11. The van der Waals surface area contributed by atoms with E-state index in [1.807, 2.05) is 0 Å². The first-order chi connectivity index (χ1) is 14.1. The van der Waals surface area contributed by atoms with Crippen LogP contribution < -0.4 is 10.6 Å². The zero-order valence-corrected chi connectivity index (χ0v) is 17.5. The van der Waals surface area contributed by atoms with Gasteiger partial charge in [0.2, 0.25) is 5.89 Å². The van der Waals surface area contributed by atoms with Crippen LogP contribution in [0.2, 0.25) is 5.02 Å². The zero-order chi connectivity index (χ0) is 20.0. The van der Waals surface area contributed by atoms with Crippen LogP contribution in [-0.2, 0) is 16.8 Å². The number of oxazole rings is 1. The molecule has 2 aliphatic heterocycles. The Balaban J connectivity index is 1.54. The molecule has 2 N–H and O–H groups in total. The molecule has 8 heteroatoms. The number of anilines is 1. The zero-order valence-electron chi connectivity index (χ0n) is 16.7. The largest absolute Gasteiger partial charge is 0.439 e. The number of carbonyl (C=O) groups is 1. The summed E-state index contributed by atoms with van der Waals surface area (Å²) in [5.74, 6) is 0.682. The second-order valence-electron chi connectivity index (χ2n) is 8.54. The van der Waals surface area contributed by atoms with E-state index >= 15 is 0 Å². The number of urea groups is 1. The Morgan fingerprint density at radius 1 is 1.28 bits per heavy atom. The summed E-state index contributed by atoms with van der Waals surface area (Å²) >= 11 is 6.58. The molecule has 0 radical (unpaired) electrons. The maximum atomic E-state index is 12.4. The minimum absolute atomic E-state index is 0.195. The number of carbonyl (C=O) groups excluding carboxylic acids is 1. The van der Waals surface area contributed by atoms with E-state index in [9.17, 15) is 4.79 Å². The molecule has 5 rings (SSSR count). The van der Waals surface area contributed by atoms with Crippen molar-refractivity contribution in [1.82, 2.24) is 15.2 Å². The molecular weight excluding hydrogens is 392 g/mol. The summed E-state index contributed by atoms with van der Waals surface area (Å²) in [6.45, 7) is 2.25. The number of halogens is 1. The van der Waals surface area contributed by atoms with Gasteiger partial charge in [-0.15, -0.1) is 0 Å². The van der Waals surface area contributed by atoms with Gasteiger partial charge in [-0.05, 0) is 38.8 Å². The number of nitrogens with zero attached hydrogens (tertiary/aromatic N) is 2. The Labute approximate surface area is 175 Å². The van der Waals surface area contributed by atoms with E-state index in [2.05, 4.69) is 22.6 Å². The summed E-state index contributed by atoms with van der Waals surface area (Å²) in [5, 5.41) is 6.61. The van der Waals surface area contributed by atoms with Crippen molar-refractivity contribution in [3.63, 3.8) is 0 Å². The molecule has 3 aliphatic rings. The topological polar surface area (TPSA) is 79.6 Å². The lowest BCUT2D eigenvalue weighted by Gasteiger charge is -2.42. The Morgan fingerprint density at radius 3 is 2.79 bits per heavy atom. The lowest BCUT2D eigenvalue weighted by atomic mass is 9.74. The number of benzene rings is 1. The summed E-state index contributed by atoms with van der Waals surface area (Å²) in [4.78, 5) is 19.4. The monoisotopic (exact) mass is 418 g/mol. The van der Waals surface area contributed by atoms with E-state index in [-0.39, 0.29) is 6.03 Å². The van der Waals surface area contributed by atoms with Gasteiger partial charge >= 0.3 is 6.03 Å². The third-order valence-electron chi connectivity index (χ3n) is 6.65. The van der Waals surface area contributed by atoms with Gasteiger partial charge in [0.05, 0.1) is 22.8 Å². The van der Waals surface area contributed by atoms with E-state index < -0.39 is 5.54 Å². The molecule has 156 valence electrons. The van der Waals surface area contributed by atoms with Crippen LogP contribution in [-0.4, -0.2) is 42.2 Å². The van der Waals surface area contributed by atoms with Crippen molar-refractivity contribution >= 4 is 34.4 Å². The van der Waals surface area contributed by atoms with Gasteiger partial charge in [0.15, 0.2) is 5.58 Å². The van der Waals surface area contributed by atoms with Crippen LogP contribution in [0.5, 0.6) is 0 Å². The van der Waals surface area contributed by atoms with Crippen molar-refractivity contribution in [1.29, 1.82) is 0 Å². The van der Waals surface area contributed by atoms with Crippen molar-refractivity contribution in [2.24, 2.45) is 0 Å². The highest BCUT2D eigenvalue weighted by Crippen LogP contribution is 2.48. The van der Waals surface area contributed by atoms with Crippen molar-refractivity contribution in [2.75, 3.05) is 25.6 Å². The molecular formula is C21H27ClN4O3. The highest BCUT2D eigenvalue weighted by molar-refractivity contribution is 6.35. The molecule has 1 saturated carbocycles.